The van der Waals surface area contributed by atoms with Crippen molar-refractivity contribution >= 4 is 22.1 Å². The quantitative estimate of drug-likeness (QED) is 0.391. The lowest BCUT2D eigenvalue weighted by Crippen LogP contribution is -2.48. The highest BCUT2D eigenvalue weighted by molar-refractivity contribution is 7.89. The number of esters is 1. The Balaban J connectivity index is 1.79. The van der Waals surface area contributed by atoms with Crippen LogP contribution in [0.1, 0.15) is 11.1 Å². The van der Waals surface area contributed by atoms with Crippen molar-refractivity contribution in [3.05, 3.63) is 53.6 Å². The Hall–Kier alpha value is -3.08. The summed E-state index contributed by atoms with van der Waals surface area (Å²) in [5.41, 5.74) is 1.60. The van der Waals surface area contributed by atoms with Crippen LogP contribution < -0.4 is 14.2 Å². The molecule has 0 aromatic heterocycles. The van der Waals surface area contributed by atoms with Crippen LogP contribution in [0.3, 0.4) is 0 Å². The number of hydrogen-bond acceptors (Lipinski definition) is 8. The Labute approximate surface area is 200 Å². The van der Waals surface area contributed by atoms with Crippen LogP contribution in [0.2, 0.25) is 0 Å². The Bertz CT molecular complexity index is 1120. The van der Waals surface area contributed by atoms with Crippen molar-refractivity contribution in [1.29, 1.82) is 0 Å². The molecule has 1 heterocycles. The van der Waals surface area contributed by atoms with Crippen LogP contribution in [0, 0.1) is 0 Å². The van der Waals surface area contributed by atoms with E-state index in [4.69, 9.17) is 14.2 Å². The number of piperazine rings is 1. The van der Waals surface area contributed by atoms with Crippen LogP contribution in [-0.4, -0.2) is 78.2 Å². The summed E-state index contributed by atoms with van der Waals surface area (Å²) >= 11 is 0. The summed E-state index contributed by atoms with van der Waals surface area (Å²) in [4.78, 5) is 13.7. The van der Waals surface area contributed by atoms with Crippen molar-refractivity contribution in [3.8, 4) is 17.2 Å². The first-order valence-electron chi connectivity index (χ1n) is 10.7. The van der Waals surface area contributed by atoms with Gasteiger partial charge in [0.25, 0.3) is 0 Å². The van der Waals surface area contributed by atoms with Crippen molar-refractivity contribution in [2.75, 3.05) is 54.6 Å². The highest BCUT2D eigenvalue weighted by Gasteiger charge is 2.32. The van der Waals surface area contributed by atoms with Gasteiger partial charge < -0.3 is 18.9 Å². The van der Waals surface area contributed by atoms with Crippen LogP contribution in [0.5, 0.6) is 17.2 Å². The minimum absolute atomic E-state index is 0.0116. The lowest BCUT2D eigenvalue weighted by molar-refractivity contribution is -0.134. The summed E-state index contributed by atoms with van der Waals surface area (Å²) in [5, 5.41) is 0. The van der Waals surface area contributed by atoms with Crippen molar-refractivity contribution < 1.29 is 32.2 Å². The molecule has 184 valence electrons. The first kappa shape index (κ1) is 25.5. The van der Waals surface area contributed by atoms with E-state index < -0.39 is 16.0 Å². The van der Waals surface area contributed by atoms with Crippen LogP contribution >= 0.6 is 0 Å². The molecule has 1 aliphatic heterocycles. The number of rotatable bonds is 9. The Morgan fingerprint density at radius 1 is 0.941 bits per heavy atom. The van der Waals surface area contributed by atoms with Crippen LogP contribution in [-0.2, 0) is 26.1 Å². The molecule has 1 aliphatic rings. The maximum absolute atomic E-state index is 13.6. The number of methoxy groups -OCH3 is 4. The van der Waals surface area contributed by atoms with Crippen molar-refractivity contribution in [1.82, 2.24) is 9.21 Å². The Morgan fingerprint density at radius 3 is 2.18 bits per heavy atom. The lowest BCUT2D eigenvalue weighted by atomic mass is 10.2. The van der Waals surface area contributed by atoms with E-state index >= 15 is 0 Å². The minimum atomic E-state index is -3.87. The fourth-order valence-corrected chi connectivity index (χ4v) is 5.35. The van der Waals surface area contributed by atoms with Crippen LogP contribution in [0.4, 0.5) is 0 Å². The molecule has 3 rings (SSSR count). The van der Waals surface area contributed by atoms with E-state index in [0.29, 0.717) is 31.7 Å². The molecule has 1 saturated heterocycles. The lowest BCUT2D eigenvalue weighted by Gasteiger charge is -2.34. The van der Waals surface area contributed by atoms with Gasteiger partial charge in [0.2, 0.25) is 10.0 Å². The molecule has 9 nitrogen and oxygen atoms in total. The van der Waals surface area contributed by atoms with Gasteiger partial charge in [-0.25, -0.2) is 13.2 Å². The molecule has 0 aliphatic carbocycles. The van der Waals surface area contributed by atoms with Gasteiger partial charge in [0.05, 0.1) is 28.4 Å². The molecule has 2 aromatic rings. The molecule has 0 saturated carbocycles. The van der Waals surface area contributed by atoms with Gasteiger partial charge in [0.15, 0.2) is 11.5 Å². The number of carbonyl (C=O) groups excluding carboxylic acids is 1. The fourth-order valence-electron chi connectivity index (χ4n) is 3.73. The summed E-state index contributed by atoms with van der Waals surface area (Å²) < 4.78 is 49.1. The summed E-state index contributed by atoms with van der Waals surface area (Å²) in [7, 11) is 1.85. The van der Waals surface area contributed by atoms with E-state index in [2.05, 4.69) is 9.64 Å². The van der Waals surface area contributed by atoms with Gasteiger partial charge in [-0.05, 0) is 41.5 Å². The number of benzene rings is 2. The third-order valence-electron chi connectivity index (χ3n) is 5.59. The monoisotopic (exact) mass is 490 g/mol. The number of hydrogen-bond donors (Lipinski definition) is 0. The van der Waals surface area contributed by atoms with Gasteiger partial charge in [0.1, 0.15) is 10.6 Å². The smallest absolute Gasteiger partial charge is 0.330 e. The number of ether oxygens (including phenoxy) is 4. The first-order valence-corrected chi connectivity index (χ1v) is 12.1. The minimum Gasteiger partial charge on any atom is -0.497 e. The maximum Gasteiger partial charge on any atom is 0.330 e. The molecule has 34 heavy (non-hydrogen) atoms. The average Bonchev–Trinajstić information content (AvgIpc) is 2.87. The zero-order chi connectivity index (χ0) is 24.7. The van der Waals surface area contributed by atoms with Gasteiger partial charge in [-0.1, -0.05) is 12.1 Å². The second kappa shape index (κ2) is 11.4. The molecule has 1 fully saturated rings. The second-order valence-corrected chi connectivity index (χ2v) is 9.55. The topological polar surface area (TPSA) is 94.6 Å². The third-order valence-corrected chi connectivity index (χ3v) is 7.50. The predicted molar refractivity (Wildman–Crippen MR) is 128 cm³/mol. The molecule has 0 amide bonds. The van der Waals surface area contributed by atoms with E-state index in [-0.39, 0.29) is 16.4 Å². The molecule has 10 heteroatoms. The maximum atomic E-state index is 13.6. The molecule has 0 spiro atoms. The van der Waals surface area contributed by atoms with Gasteiger partial charge in [-0.3, -0.25) is 4.90 Å². The van der Waals surface area contributed by atoms with Gasteiger partial charge in [-0.2, -0.15) is 4.31 Å². The van der Waals surface area contributed by atoms with Crippen molar-refractivity contribution in [2.24, 2.45) is 0 Å². The second-order valence-electron chi connectivity index (χ2n) is 7.64. The normalized spacial score (nSPS) is 15.3. The Kier molecular flexibility index (Phi) is 8.54. The van der Waals surface area contributed by atoms with Crippen LogP contribution in [0.15, 0.2) is 47.4 Å². The summed E-state index contributed by atoms with van der Waals surface area (Å²) in [6.07, 6.45) is 2.69. The first-order chi connectivity index (χ1) is 16.3. The zero-order valence-electron chi connectivity index (χ0n) is 19.8. The molecule has 0 N–H and O–H groups in total. The third kappa shape index (κ3) is 5.88. The largest absolute Gasteiger partial charge is 0.497 e. The number of sulfonamides is 1. The molecular weight excluding hydrogens is 460 g/mol. The predicted octanol–water partition coefficient (Wildman–Crippen LogP) is 2.41. The van der Waals surface area contributed by atoms with Crippen molar-refractivity contribution in [2.45, 2.75) is 11.4 Å². The molecule has 0 bridgehead atoms. The van der Waals surface area contributed by atoms with E-state index in [0.717, 1.165) is 17.9 Å². The SMILES string of the molecule is COC(=O)/C=C/c1cc(OC)c(OC)c(S(=O)(=O)N2CCN(Cc3ccc(OC)cc3)CC2)c1. The van der Waals surface area contributed by atoms with E-state index in [9.17, 15) is 13.2 Å². The van der Waals surface area contributed by atoms with E-state index in [1.54, 1.807) is 13.2 Å². The van der Waals surface area contributed by atoms with Crippen LogP contribution in [0.25, 0.3) is 6.08 Å². The molecule has 0 unspecified atom stereocenters. The van der Waals surface area contributed by atoms with Gasteiger partial charge >= 0.3 is 5.97 Å². The highest BCUT2D eigenvalue weighted by atomic mass is 32.2. The summed E-state index contributed by atoms with van der Waals surface area (Å²) in [5.74, 6) is 0.629. The van der Waals surface area contributed by atoms with E-state index in [1.807, 2.05) is 24.3 Å². The number of carbonyl (C=O) groups is 1. The molecule has 2 aromatic carbocycles. The summed E-state index contributed by atoms with van der Waals surface area (Å²) in [6.45, 7) is 2.58. The van der Waals surface area contributed by atoms with Gasteiger partial charge in [0, 0.05) is 38.8 Å². The Morgan fingerprint density at radius 2 is 1.62 bits per heavy atom. The standard InChI is InChI=1S/C24H30N2O7S/c1-30-20-8-5-18(6-9-20)17-25-11-13-26(14-12-25)34(28,29)22-16-19(7-10-23(27)32-3)15-21(31-2)24(22)33-4/h5-10,15-16H,11-14,17H2,1-4H3/b10-7+. The van der Waals surface area contributed by atoms with Gasteiger partial charge in [-0.15, -0.1) is 0 Å². The zero-order valence-corrected chi connectivity index (χ0v) is 20.6. The molecule has 0 radical (unpaired) electrons. The summed E-state index contributed by atoms with van der Waals surface area (Å²) in [6, 6.07) is 10.9. The van der Waals surface area contributed by atoms with E-state index in [1.165, 1.54) is 43.9 Å². The molecule has 0 atom stereocenters. The van der Waals surface area contributed by atoms with Crippen molar-refractivity contribution in [3.63, 3.8) is 0 Å². The highest BCUT2D eigenvalue weighted by Crippen LogP contribution is 2.37. The molecular formula is C24H30N2O7S. The number of nitrogens with zero attached hydrogens (tertiary/aromatic N) is 2. The average molecular weight is 491 g/mol. The fraction of sp³-hybridized carbons (Fsp3) is 0.375.